The van der Waals surface area contributed by atoms with E-state index in [1.807, 2.05) is 6.07 Å². The lowest BCUT2D eigenvalue weighted by Crippen LogP contribution is -2.20. The zero-order valence-corrected chi connectivity index (χ0v) is 15.6. The van der Waals surface area contributed by atoms with Gasteiger partial charge in [-0.15, -0.1) is 0 Å². The first-order chi connectivity index (χ1) is 14.1. The molecule has 0 heterocycles. The second-order valence-corrected chi connectivity index (χ2v) is 6.00. The zero-order chi connectivity index (χ0) is 20.6. The van der Waals surface area contributed by atoms with Gasteiger partial charge in [-0.3, -0.25) is 9.59 Å². The smallest absolute Gasteiger partial charge is 0.262 e. The number of para-hydroxylation sites is 3. The van der Waals surface area contributed by atoms with Crippen molar-refractivity contribution >= 4 is 23.2 Å². The van der Waals surface area contributed by atoms with E-state index in [1.165, 1.54) is 25.3 Å². The number of ether oxygens (including phenoxy) is 2. The van der Waals surface area contributed by atoms with Crippen molar-refractivity contribution in [2.75, 3.05) is 24.4 Å². The molecule has 0 atom stereocenters. The Morgan fingerprint density at radius 2 is 1.52 bits per heavy atom. The number of nitrogens with one attached hydrogen (secondary N) is 2. The number of amides is 2. The topological polar surface area (TPSA) is 76.7 Å². The molecule has 0 saturated heterocycles. The highest BCUT2D eigenvalue weighted by atomic mass is 19.1. The Hall–Kier alpha value is -3.87. The van der Waals surface area contributed by atoms with Crippen LogP contribution < -0.4 is 20.1 Å². The monoisotopic (exact) mass is 394 g/mol. The van der Waals surface area contributed by atoms with E-state index in [2.05, 4.69) is 10.6 Å². The summed E-state index contributed by atoms with van der Waals surface area (Å²) in [5, 5.41) is 5.21. The van der Waals surface area contributed by atoms with Gasteiger partial charge in [0.2, 0.25) is 0 Å². The van der Waals surface area contributed by atoms with Crippen LogP contribution in [0, 0.1) is 5.82 Å². The first-order valence-corrected chi connectivity index (χ1v) is 8.78. The van der Waals surface area contributed by atoms with Gasteiger partial charge in [-0.1, -0.05) is 24.3 Å². The number of carbonyl (C=O) groups is 2. The molecule has 0 unspecified atom stereocenters. The largest absolute Gasteiger partial charge is 0.495 e. The maximum absolute atomic E-state index is 13.5. The van der Waals surface area contributed by atoms with E-state index < -0.39 is 11.7 Å². The van der Waals surface area contributed by atoms with E-state index in [1.54, 1.807) is 48.5 Å². The molecule has 3 aromatic rings. The lowest BCUT2D eigenvalue weighted by atomic mass is 10.2. The molecule has 3 rings (SSSR count). The average molecular weight is 394 g/mol. The molecular weight excluding hydrogens is 375 g/mol. The molecule has 0 saturated carbocycles. The van der Waals surface area contributed by atoms with E-state index in [4.69, 9.17) is 9.47 Å². The second kappa shape index (κ2) is 9.36. The van der Waals surface area contributed by atoms with Crippen LogP contribution in [0.4, 0.5) is 15.8 Å². The van der Waals surface area contributed by atoms with Gasteiger partial charge >= 0.3 is 0 Å². The third-order valence-corrected chi connectivity index (χ3v) is 3.99. The number of rotatable bonds is 7. The average Bonchev–Trinajstić information content (AvgIpc) is 2.74. The summed E-state index contributed by atoms with van der Waals surface area (Å²) in [6, 6.07) is 19.3. The van der Waals surface area contributed by atoms with Crippen molar-refractivity contribution in [1.82, 2.24) is 0 Å². The molecule has 2 amide bonds. The van der Waals surface area contributed by atoms with Crippen molar-refractivity contribution in [2.24, 2.45) is 0 Å². The standard InChI is InChI=1S/C22H19FN2O4/c1-28-20-9-5-4-8-19(20)25-22(27)15-10-12-16(13-11-15)29-14-21(26)24-18-7-3-2-6-17(18)23/h2-13H,14H2,1H3,(H,24,26)(H,25,27). The second-order valence-electron chi connectivity index (χ2n) is 6.00. The van der Waals surface area contributed by atoms with Crippen molar-refractivity contribution in [2.45, 2.75) is 0 Å². The fourth-order valence-electron chi connectivity index (χ4n) is 2.54. The number of anilines is 2. The van der Waals surface area contributed by atoms with Crippen LogP contribution in [0.5, 0.6) is 11.5 Å². The van der Waals surface area contributed by atoms with Crippen molar-refractivity contribution in [3.63, 3.8) is 0 Å². The highest BCUT2D eigenvalue weighted by Crippen LogP contribution is 2.24. The van der Waals surface area contributed by atoms with Gasteiger partial charge < -0.3 is 20.1 Å². The molecule has 6 nitrogen and oxygen atoms in total. The molecule has 2 N–H and O–H groups in total. The van der Waals surface area contributed by atoms with Gasteiger partial charge in [-0.2, -0.15) is 0 Å². The Morgan fingerprint density at radius 3 is 2.21 bits per heavy atom. The fourth-order valence-corrected chi connectivity index (χ4v) is 2.54. The number of hydrogen-bond donors (Lipinski definition) is 2. The SMILES string of the molecule is COc1ccccc1NC(=O)c1ccc(OCC(=O)Nc2ccccc2F)cc1. The lowest BCUT2D eigenvalue weighted by molar-refractivity contribution is -0.118. The van der Waals surface area contributed by atoms with Crippen molar-refractivity contribution in [3.8, 4) is 11.5 Å². The molecule has 0 fully saturated rings. The van der Waals surface area contributed by atoms with Gasteiger partial charge in [0.15, 0.2) is 6.61 Å². The first-order valence-electron chi connectivity index (χ1n) is 8.78. The Morgan fingerprint density at radius 1 is 0.862 bits per heavy atom. The van der Waals surface area contributed by atoms with E-state index in [-0.39, 0.29) is 18.2 Å². The van der Waals surface area contributed by atoms with E-state index in [0.29, 0.717) is 22.7 Å². The van der Waals surface area contributed by atoms with Gasteiger partial charge in [-0.05, 0) is 48.5 Å². The third-order valence-electron chi connectivity index (χ3n) is 3.99. The highest BCUT2D eigenvalue weighted by molar-refractivity contribution is 6.05. The third kappa shape index (κ3) is 5.32. The molecule has 7 heteroatoms. The van der Waals surface area contributed by atoms with Crippen molar-refractivity contribution in [1.29, 1.82) is 0 Å². The maximum Gasteiger partial charge on any atom is 0.262 e. The zero-order valence-electron chi connectivity index (χ0n) is 15.6. The van der Waals surface area contributed by atoms with Crippen molar-refractivity contribution < 1.29 is 23.5 Å². The summed E-state index contributed by atoms with van der Waals surface area (Å²) in [6.07, 6.45) is 0. The summed E-state index contributed by atoms with van der Waals surface area (Å²) >= 11 is 0. The first kappa shape index (κ1) is 19.9. The van der Waals surface area contributed by atoms with Crippen LogP contribution in [0.15, 0.2) is 72.8 Å². The number of benzene rings is 3. The predicted molar refractivity (Wildman–Crippen MR) is 108 cm³/mol. The van der Waals surface area contributed by atoms with Crippen molar-refractivity contribution in [3.05, 3.63) is 84.2 Å². The summed E-state index contributed by atoms with van der Waals surface area (Å²) in [5.41, 5.74) is 1.06. The Balaban J connectivity index is 1.55. The van der Waals surface area contributed by atoms with Crippen LogP contribution in [-0.4, -0.2) is 25.5 Å². The Labute approximate surface area is 167 Å². The fraction of sp³-hybridized carbons (Fsp3) is 0.0909. The molecule has 0 aliphatic carbocycles. The molecule has 0 aliphatic heterocycles. The highest BCUT2D eigenvalue weighted by Gasteiger charge is 2.10. The number of halogens is 1. The summed E-state index contributed by atoms with van der Waals surface area (Å²) < 4.78 is 24.1. The van der Waals surface area contributed by atoms with Crippen LogP contribution >= 0.6 is 0 Å². The minimum absolute atomic E-state index is 0.0875. The quantitative estimate of drug-likeness (QED) is 0.632. The normalized spacial score (nSPS) is 10.1. The van der Waals surface area contributed by atoms with Crippen LogP contribution in [0.2, 0.25) is 0 Å². The summed E-state index contributed by atoms with van der Waals surface area (Å²) in [6.45, 7) is -0.291. The Bertz CT molecular complexity index is 1010. The minimum atomic E-state index is -0.522. The minimum Gasteiger partial charge on any atom is -0.495 e. The molecule has 0 bridgehead atoms. The predicted octanol–water partition coefficient (Wildman–Crippen LogP) is 4.10. The van der Waals surface area contributed by atoms with Gasteiger partial charge in [0.1, 0.15) is 17.3 Å². The number of methoxy groups -OCH3 is 1. The maximum atomic E-state index is 13.5. The van der Waals surface area contributed by atoms with Gasteiger partial charge in [0, 0.05) is 5.56 Å². The molecule has 148 valence electrons. The van der Waals surface area contributed by atoms with Crippen LogP contribution in [-0.2, 0) is 4.79 Å². The van der Waals surface area contributed by atoms with Gasteiger partial charge in [-0.25, -0.2) is 4.39 Å². The van der Waals surface area contributed by atoms with Gasteiger partial charge in [0.25, 0.3) is 11.8 Å². The molecular formula is C22H19FN2O4. The van der Waals surface area contributed by atoms with E-state index in [0.717, 1.165) is 0 Å². The summed E-state index contributed by atoms with van der Waals surface area (Å²) in [5.74, 6) is -0.359. The van der Waals surface area contributed by atoms with E-state index >= 15 is 0 Å². The van der Waals surface area contributed by atoms with Crippen LogP contribution in [0.1, 0.15) is 10.4 Å². The Kier molecular flexibility index (Phi) is 6.42. The van der Waals surface area contributed by atoms with Gasteiger partial charge in [0.05, 0.1) is 18.5 Å². The molecule has 29 heavy (non-hydrogen) atoms. The number of hydrogen-bond acceptors (Lipinski definition) is 4. The lowest BCUT2D eigenvalue weighted by Gasteiger charge is -2.11. The van der Waals surface area contributed by atoms with Crippen LogP contribution in [0.25, 0.3) is 0 Å². The molecule has 0 spiro atoms. The van der Waals surface area contributed by atoms with Crippen LogP contribution in [0.3, 0.4) is 0 Å². The summed E-state index contributed by atoms with van der Waals surface area (Å²) in [4.78, 5) is 24.3. The van der Waals surface area contributed by atoms with E-state index in [9.17, 15) is 14.0 Å². The molecule has 0 radical (unpaired) electrons. The summed E-state index contributed by atoms with van der Waals surface area (Å²) in [7, 11) is 1.53. The molecule has 0 aromatic heterocycles. The molecule has 0 aliphatic rings. The molecule has 3 aromatic carbocycles. The number of carbonyl (C=O) groups excluding carboxylic acids is 2.